The standard InChI is InChI=1S/C9H13N3O6/c1-2-5-8(16)10-6(13)3-12(5)9(17)11-18-4-7(14)15/h5H,2-4H2,1H3,(H,11,17)(H,14,15)(H,10,13,16). The van der Waals surface area contributed by atoms with Crippen molar-refractivity contribution in [3.8, 4) is 0 Å². The lowest BCUT2D eigenvalue weighted by molar-refractivity contribution is -0.145. The highest BCUT2D eigenvalue weighted by atomic mass is 16.7. The van der Waals surface area contributed by atoms with Gasteiger partial charge in [0.2, 0.25) is 11.8 Å². The van der Waals surface area contributed by atoms with Gasteiger partial charge in [0.25, 0.3) is 0 Å². The van der Waals surface area contributed by atoms with Crippen LogP contribution in [0.2, 0.25) is 0 Å². The van der Waals surface area contributed by atoms with Crippen LogP contribution in [0.15, 0.2) is 0 Å². The van der Waals surface area contributed by atoms with Crippen LogP contribution in [0, 0.1) is 0 Å². The highest BCUT2D eigenvalue weighted by Crippen LogP contribution is 2.09. The number of aliphatic carboxylic acids is 1. The fraction of sp³-hybridized carbons (Fsp3) is 0.556. The summed E-state index contributed by atoms with van der Waals surface area (Å²) in [7, 11) is 0. The van der Waals surface area contributed by atoms with Gasteiger partial charge in [0.15, 0.2) is 6.61 Å². The fourth-order valence-electron chi connectivity index (χ4n) is 1.50. The first-order chi connectivity index (χ1) is 8.45. The van der Waals surface area contributed by atoms with Gasteiger partial charge in [0.05, 0.1) is 0 Å². The van der Waals surface area contributed by atoms with E-state index in [1.807, 2.05) is 5.48 Å². The molecule has 100 valence electrons. The maximum Gasteiger partial charge on any atom is 0.342 e. The van der Waals surface area contributed by atoms with E-state index >= 15 is 0 Å². The molecule has 3 N–H and O–H groups in total. The Kier molecular flexibility index (Phi) is 4.60. The first kappa shape index (κ1) is 13.9. The second-order valence-electron chi connectivity index (χ2n) is 3.55. The van der Waals surface area contributed by atoms with E-state index in [9.17, 15) is 19.2 Å². The summed E-state index contributed by atoms with van der Waals surface area (Å²) in [6.45, 7) is 0.682. The van der Waals surface area contributed by atoms with Gasteiger partial charge in [-0.1, -0.05) is 6.92 Å². The molecule has 0 aliphatic carbocycles. The van der Waals surface area contributed by atoms with Crippen molar-refractivity contribution in [3.63, 3.8) is 0 Å². The number of amides is 4. The number of carboxylic acids is 1. The number of rotatable bonds is 4. The zero-order valence-corrected chi connectivity index (χ0v) is 9.63. The first-order valence-corrected chi connectivity index (χ1v) is 5.19. The summed E-state index contributed by atoms with van der Waals surface area (Å²) in [5, 5.41) is 10.4. The van der Waals surface area contributed by atoms with E-state index in [4.69, 9.17) is 5.11 Å². The van der Waals surface area contributed by atoms with Crippen molar-refractivity contribution in [2.45, 2.75) is 19.4 Å². The number of nitrogens with zero attached hydrogens (tertiary/aromatic N) is 1. The minimum absolute atomic E-state index is 0.285. The molecule has 0 bridgehead atoms. The number of piperazine rings is 1. The maximum atomic E-state index is 11.6. The number of carbonyl (C=O) groups excluding carboxylic acids is 3. The molecule has 9 heteroatoms. The molecule has 1 unspecified atom stereocenters. The lowest BCUT2D eigenvalue weighted by Crippen LogP contribution is -2.61. The Morgan fingerprint density at radius 3 is 2.78 bits per heavy atom. The van der Waals surface area contributed by atoms with E-state index in [0.29, 0.717) is 6.42 Å². The summed E-state index contributed by atoms with van der Waals surface area (Å²) in [5.74, 6) is -2.42. The van der Waals surface area contributed by atoms with E-state index in [1.165, 1.54) is 0 Å². The Hall–Kier alpha value is -2.16. The maximum absolute atomic E-state index is 11.6. The number of carbonyl (C=O) groups is 4. The van der Waals surface area contributed by atoms with E-state index in [1.54, 1.807) is 6.92 Å². The lowest BCUT2D eigenvalue weighted by atomic mass is 10.1. The molecule has 1 heterocycles. The molecule has 0 aromatic heterocycles. The lowest BCUT2D eigenvalue weighted by Gasteiger charge is -2.32. The number of imide groups is 1. The number of hydroxylamine groups is 1. The highest BCUT2D eigenvalue weighted by Gasteiger charge is 2.35. The molecule has 0 aromatic rings. The van der Waals surface area contributed by atoms with Crippen molar-refractivity contribution in [1.82, 2.24) is 15.7 Å². The van der Waals surface area contributed by atoms with Crippen molar-refractivity contribution >= 4 is 23.8 Å². The van der Waals surface area contributed by atoms with Crippen LogP contribution >= 0.6 is 0 Å². The van der Waals surface area contributed by atoms with Crippen molar-refractivity contribution in [1.29, 1.82) is 0 Å². The van der Waals surface area contributed by atoms with Gasteiger partial charge in [-0.05, 0) is 6.42 Å². The monoisotopic (exact) mass is 259 g/mol. The molecule has 1 rings (SSSR count). The van der Waals surface area contributed by atoms with Crippen molar-refractivity contribution in [2.75, 3.05) is 13.2 Å². The number of carboxylic acid groups (broad SMARTS) is 1. The van der Waals surface area contributed by atoms with Gasteiger partial charge in [-0.2, -0.15) is 0 Å². The van der Waals surface area contributed by atoms with Crippen molar-refractivity contribution < 1.29 is 29.1 Å². The van der Waals surface area contributed by atoms with Crippen LogP contribution in [0.5, 0.6) is 0 Å². The van der Waals surface area contributed by atoms with Crippen LogP contribution in [-0.4, -0.2) is 53.0 Å². The smallest absolute Gasteiger partial charge is 0.342 e. The molecule has 1 fully saturated rings. The topological polar surface area (TPSA) is 125 Å². The Morgan fingerprint density at radius 1 is 1.56 bits per heavy atom. The van der Waals surface area contributed by atoms with Crippen LogP contribution in [0.4, 0.5) is 4.79 Å². The molecule has 1 aliphatic rings. The van der Waals surface area contributed by atoms with Crippen LogP contribution in [0.3, 0.4) is 0 Å². The van der Waals surface area contributed by atoms with Crippen LogP contribution < -0.4 is 10.8 Å². The average molecular weight is 259 g/mol. The van der Waals surface area contributed by atoms with E-state index in [2.05, 4.69) is 10.2 Å². The largest absolute Gasteiger partial charge is 0.479 e. The summed E-state index contributed by atoms with van der Waals surface area (Å²) >= 11 is 0. The van der Waals surface area contributed by atoms with Gasteiger partial charge in [-0.25, -0.2) is 15.1 Å². The third-order valence-corrected chi connectivity index (χ3v) is 2.26. The number of hydrogen-bond donors (Lipinski definition) is 3. The molecule has 0 radical (unpaired) electrons. The third-order valence-electron chi connectivity index (χ3n) is 2.26. The summed E-state index contributed by atoms with van der Waals surface area (Å²) in [6, 6.07) is -1.61. The molecule has 9 nitrogen and oxygen atoms in total. The second-order valence-corrected chi connectivity index (χ2v) is 3.55. The second kappa shape index (κ2) is 5.96. The molecule has 0 saturated carbocycles. The molecule has 1 saturated heterocycles. The van der Waals surface area contributed by atoms with Gasteiger partial charge in [-0.15, -0.1) is 0 Å². The van der Waals surface area contributed by atoms with Gasteiger partial charge in [-0.3, -0.25) is 19.7 Å². The first-order valence-electron chi connectivity index (χ1n) is 5.19. The summed E-state index contributed by atoms with van der Waals surface area (Å²) in [6.07, 6.45) is 0.325. The van der Waals surface area contributed by atoms with E-state index < -0.39 is 36.5 Å². The normalized spacial score (nSPS) is 19.4. The molecule has 1 aliphatic heterocycles. The van der Waals surface area contributed by atoms with Crippen LogP contribution in [0.1, 0.15) is 13.3 Å². The third kappa shape index (κ3) is 3.42. The minimum atomic E-state index is -1.25. The molecule has 1 atom stereocenters. The Labute approximate surface area is 102 Å². The number of urea groups is 1. The molecule has 18 heavy (non-hydrogen) atoms. The van der Waals surface area contributed by atoms with Crippen LogP contribution in [0.25, 0.3) is 0 Å². The average Bonchev–Trinajstić information content (AvgIpc) is 2.27. The summed E-state index contributed by atoms with van der Waals surface area (Å²) in [4.78, 5) is 49.7. The molecular weight excluding hydrogens is 246 g/mol. The van der Waals surface area contributed by atoms with Gasteiger partial charge >= 0.3 is 12.0 Å². The Balaban J connectivity index is 2.60. The number of hydrogen-bond acceptors (Lipinski definition) is 5. The SMILES string of the molecule is CCC1C(=O)NC(=O)CN1C(=O)NOCC(=O)O. The van der Waals surface area contributed by atoms with E-state index in [-0.39, 0.29) is 6.54 Å². The quantitative estimate of drug-likeness (QED) is 0.414. The Morgan fingerprint density at radius 2 is 2.22 bits per heavy atom. The zero-order valence-electron chi connectivity index (χ0n) is 9.63. The zero-order chi connectivity index (χ0) is 13.7. The predicted octanol–water partition coefficient (Wildman–Crippen LogP) is -1.55. The summed E-state index contributed by atoms with van der Waals surface area (Å²) < 4.78 is 0. The molecule has 4 amide bonds. The van der Waals surface area contributed by atoms with Gasteiger partial charge in [0.1, 0.15) is 12.6 Å². The fourth-order valence-corrected chi connectivity index (χ4v) is 1.50. The van der Waals surface area contributed by atoms with Crippen molar-refractivity contribution in [3.05, 3.63) is 0 Å². The van der Waals surface area contributed by atoms with Gasteiger partial charge in [0, 0.05) is 0 Å². The highest BCUT2D eigenvalue weighted by molar-refractivity contribution is 6.03. The predicted molar refractivity (Wildman–Crippen MR) is 56.1 cm³/mol. The van der Waals surface area contributed by atoms with Crippen LogP contribution in [-0.2, 0) is 19.2 Å². The molecule has 0 aromatic carbocycles. The molecular formula is C9H13N3O6. The molecule has 0 spiro atoms. The number of nitrogens with one attached hydrogen (secondary N) is 2. The minimum Gasteiger partial charge on any atom is -0.479 e. The van der Waals surface area contributed by atoms with Gasteiger partial charge < -0.3 is 10.0 Å². The Bertz CT molecular complexity index is 382. The van der Waals surface area contributed by atoms with Crippen molar-refractivity contribution in [2.24, 2.45) is 0 Å². The van der Waals surface area contributed by atoms with E-state index in [0.717, 1.165) is 4.90 Å². The summed E-state index contributed by atoms with van der Waals surface area (Å²) in [5.41, 5.74) is 1.86.